The second-order valence-corrected chi connectivity index (χ2v) is 9.28. The van der Waals surface area contributed by atoms with Crippen molar-refractivity contribution in [3.05, 3.63) is 65.5 Å². The molecule has 2 aliphatic rings. The van der Waals surface area contributed by atoms with Gasteiger partial charge in [-0.15, -0.1) is 0 Å². The number of hydrogen-bond acceptors (Lipinski definition) is 7. The van der Waals surface area contributed by atoms with Gasteiger partial charge in [0.05, 0.1) is 31.1 Å². The van der Waals surface area contributed by atoms with Crippen LogP contribution in [-0.4, -0.2) is 56.3 Å². The van der Waals surface area contributed by atoms with Crippen molar-refractivity contribution >= 4 is 17.5 Å². The van der Waals surface area contributed by atoms with E-state index >= 15 is 0 Å². The number of ether oxygens (including phenoxy) is 1. The number of piperidine rings is 1. The SMILES string of the molecule is CCN(/N=C(\C)C1(c2cnn(C)c2)N[C@@H](c2ncc(C)[nH]2)CC2c3ccccc3NC21)C(=O)OC. The zero-order chi connectivity index (χ0) is 24.7. The van der Waals surface area contributed by atoms with Crippen LogP contribution in [0.25, 0.3) is 0 Å². The minimum absolute atomic E-state index is 0.0588. The van der Waals surface area contributed by atoms with Crippen molar-refractivity contribution in [2.45, 2.75) is 50.7 Å². The van der Waals surface area contributed by atoms with E-state index in [1.807, 2.05) is 52.5 Å². The maximum Gasteiger partial charge on any atom is 0.430 e. The molecule has 3 N–H and O–H groups in total. The van der Waals surface area contributed by atoms with Crippen LogP contribution in [-0.2, 0) is 17.3 Å². The summed E-state index contributed by atoms with van der Waals surface area (Å²) < 4.78 is 6.77. The van der Waals surface area contributed by atoms with Gasteiger partial charge in [0.2, 0.25) is 0 Å². The number of fused-ring (bicyclic) bond motifs is 3. The highest BCUT2D eigenvalue weighted by Crippen LogP contribution is 2.51. The van der Waals surface area contributed by atoms with Gasteiger partial charge in [0.25, 0.3) is 0 Å². The van der Waals surface area contributed by atoms with Crippen LogP contribution < -0.4 is 10.6 Å². The number of hydrogen-bond donors (Lipinski definition) is 3. The number of nitrogens with one attached hydrogen (secondary N) is 3. The first-order valence-electron chi connectivity index (χ1n) is 11.9. The number of carbonyl (C=O) groups is 1. The summed E-state index contributed by atoms with van der Waals surface area (Å²) in [7, 11) is 3.27. The standard InChI is InChI=1S/C25H32N8O2/c1-6-33(24(34)35-5)31-16(3)25(17-13-27-32(4)14-17)22-19(18-9-7-8-10-20(18)29-22)11-21(30-25)23-26-12-15(2)28-23/h7-10,12-14,19,21-22,29-30H,6,11H2,1-5H3,(H,26,28)/b31-16+/t19?,21-,22?,25?/m1/s1. The second kappa shape index (κ2) is 8.84. The van der Waals surface area contributed by atoms with Crippen molar-refractivity contribution in [3.8, 4) is 0 Å². The van der Waals surface area contributed by atoms with E-state index in [2.05, 4.69) is 43.9 Å². The lowest BCUT2D eigenvalue weighted by Gasteiger charge is -2.49. The Labute approximate surface area is 204 Å². The molecule has 0 radical (unpaired) electrons. The van der Waals surface area contributed by atoms with Crippen LogP contribution in [0, 0.1) is 6.92 Å². The minimum atomic E-state index is -0.775. The summed E-state index contributed by atoms with van der Waals surface area (Å²) in [5.41, 5.74) is 4.32. The number of carbonyl (C=O) groups excluding carboxylic acids is 1. The Bertz CT molecular complexity index is 1260. The van der Waals surface area contributed by atoms with Gasteiger partial charge >= 0.3 is 6.09 Å². The highest BCUT2D eigenvalue weighted by Gasteiger charge is 2.56. The van der Waals surface area contributed by atoms with Crippen LogP contribution in [0.1, 0.15) is 54.9 Å². The van der Waals surface area contributed by atoms with Crippen LogP contribution in [0.5, 0.6) is 0 Å². The van der Waals surface area contributed by atoms with E-state index in [1.54, 1.807) is 4.68 Å². The number of para-hydroxylation sites is 1. The maximum absolute atomic E-state index is 12.4. The molecule has 5 rings (SSSR count). The first kappa shape index (κ1) is 23.1. The summed E-state index contributed by atoms with van der Waals surface area (Å²) in [6, 6.07) is 8.31. The van der Waals surface area contributed by atoms with Crippen LogP contribution in [0.3, 0.4) is 0 Å². The highest BCUT2D eigenvalue weighted by molar-refractivity contribution is 5.95. The summed E-state index contributed by atoms with van der Waals surface area (Å²) in [6.07, 6.45) is 6.09. The number of amides is 1. The monoisotopic (exact) mass is 476 g/mol. The number of rotatable bonds is 5. The largest absolute Gasteiger partial charge is 0.451 e. The number of imidazole rings is 1. The molecule has 1 amide bonds. The normalized spacial score (nSPS) is 25.5. The van der Waals surface area contributed by atoms with E-state index in [4.69, 9.17) is 9.84 Å². The topological polar surface area (TPSA) is 112 Å². The first-order chi connectivity index (χ1) is 16.9. The Morgan fingerprint density at radius 3 is 2.80 bits per heavy atom. The number of nitrogens with zero attached hydrogens (tertiary/aromatic N) is 5. The van der Waals surface area contributed by atoms with Gasteiger partial charge in [-0.3, -0.25) is 10.00 Å². The Morgan fingerprint density at radius 1 is 1.34 bits per heavy atom. The maximum atomic E-state index is 12.4. The smallest absolute Gasteiger partial charge is 0.430 e. The van der Waals surface area contributed by atoms with E-state index in [0.29, 0.717) is 6.54 Å². The molecule has 3 unspecified atom stereocenters. The van der Waals surface area contributed by atoms with Gasteiger partial charge < -0.3 is 15.0 Å². The second-order valence-electron chi connectivity index (χ2n) is 9.28. The molecule has 2 aromatic heterocycles. The predicted molar refractivity (Wildman–Crippen MR) is 133 cm³/mol. The fraction of sp³-hybridized carbons (Fsp3) is 0.440. The molecule has 10 nitrogen and oxygen atoms in total. The fourth-order valence-corrected chi connectivity index (χ4v) is 5.57. The molecule has 35 heavy (non-hydrogen) atoms. The van der Waals surface area contributed by atoms with Gasteiger partial charge in [-0.2, -0.15) is 15.2 Å². The van der Waals surface area contributed by atoms with Gasteiger partial charge in [0.15, 0.2) is 0 Å². The van der Waals surface area contributed by atoms with Gasteiger partial charge in [-0.1, -0.05) is 18.2 Å². The van der Waals surface area contributed by atoms with Crippen LogP contribution >= 0.6 is 0 Å². The van der Waals surface area contributed by atoms with Gasteiger partial charge in [0, 0.05) is 48.8 Å². The lowest BCUT2D eigenvalue weighted by Crippen LogP contribution is -2.64. The van der Waals surface area contributed by atoms with E-state index in [1.165, 1.54) is 17.7 Å². The number of benzene rings is 1. The summed E-state index contributed by atoms with van der Waals surface area (Å²) >= 11 is 0. The third-order valence-corrected chi connectivity index (χ3v) is 7.17. The Kier molecular flexibility index (Phi) is 5.84. The number of aryl methyl sites for hydroxylation is 2. The lowest BCUT2D eigenvalue weighted by molar-refractivity contribution is 0.126. The summed E-state index contributed by atoms with van der Waals surface area (Å²) in [6.45, 7) is 6.23. The van der Waals surface area contributed by atoms with Crippen LogP contribution in [0.4, 0.5) is 10.5 Å². The average molecular weight is 477 g/mol. The van der Waals surface area contributed by atoms with Crippen molar-refractivity contribution in [1.82, 2.24) is 30.1 Å². The molecule has 3 aromatic rings. The van der Waals surface area contributed by atoms with E-state index in [-0.39, 0.29) is 18.0 Å². The molecule has 0 bridgehead atoms. The highest BCUT2D eigenvalue weighted by atomic mass is 16.5. The van der Waals surface area contributed by atoms with Gasteiger partial charge in [-0.25, -0.2) is 9.78 Å². The number of aromatic nitrogens is 4. The lowest BCUT2D eigenvalue weighted by atomic mass is 9.69. The third kappa shape index (κ3) is 3.78. The van der Waals surface area contributed by atoms with Crippen molar-refractivity contribution in [2.24, 2.45) is 12.1 Å². The zero-order valence-corrected chi connectivity index (χ0v) is 20.7. The van der Waals surface area contributed by atoms with Crippen molar-refractivity contribution in [3.63, 3.8) is 0 Å². The number of H-pyrrole nitrogens is 1. The summed E-state index contributed by atoms with van der Waals surface area (Å²) in [5.74, 6) is 1.06. The molecule has 1 fully saturated rings. The van der Waals surface area contributed by atoms with Crippen molar-refractivity contribution in [1.29, 1.82) is 0 Å². The quantitative estimate of drug-likeness (QED) is 0.384. The Morgan fingerprint density at radius 2 is 2.14 bits per heavy atom. The molecule has 4 atom stereocenters. The molecule has 184 valence electrons. The molecule has 10 heteroatoms. The van der Waals surface area contributed by atoms with E-state index in [0.717, 1.165) is 34.9 Å². The third-order valence-electron chi connectivity index (χ3n) is 7.17. The Hall–Kier alpha value is -3.66. The molecule has 2 aliphatic heterocycles. The van der Waals surface area contributed by atoms with Gasteiger partial charge in [-0.05, 0) is 38.8 Å². The molecule has 0 aliphatic carbocycles. The summed E-state index contributed by atoms with van der Waals surface area (Å²) in [5, 5.41) is 18.3. The summed E-state index contributed by atoms with van der Waals surface area (Å²) in [4.78, 5) is 20.5. The van der Waals surface area contributed by atoms with Crippen LogP contribution in [0.15, 0.2) is 48.0 Å². The van der Waals surface area contributed by atoms with Crippen molar-refractivity contribution in [2.75, 3.05) is 19.0 Å². The average Bonchev–Trinajstić information content (AvgIpc) is 3.59. The zero-order valence-electron chi connectivity index (χ0n) is 20.7. The molecule has 1 aromatic carbocycles. The molecular formula is C25H32N8O2. The predicted octanol–water partition coefficient (Wildman–Crippen LogP) is 3.42. The van der Waals surface area contributed by atoms with E-state index in [9.17, 15) is 4.79 Å². The first-order valence-corrected chi connectivity index (χ1v) is 11.9. The molecule has 0 spiro atoms. The van der Waals surface area contributed by atoms with Crippen molar-refractivity contribution < 1.29 is 9.53 Å². The molecule has 4 heterocycles. The Balaban J connectivity index is 1.71. The molecule has 1 saturated heterocycles. The fourth-order valence-electron chi connectivity index (χ4n) is 5.57. The molecular weight excluding hydrogens is 444 g/mol. The number of aromatic amines is 1. The van der Waals surface area contributed by atoms with E-state index < -0.39 is 11.6 Å². The van der Waals surface area contributed by atoms with Gasteiger partial charge in [0.1, 0.15) is 11.4 Å². The number of hydrazone groups is 1. The minimum Gasteiger partial charge on any atom is -0.451 e. The number of methoxy groups -OCH3 is 1. The number of anilines is 1. The van der Waals surface area contributed by atoms with Crippen LogP contribution in [0.2, 0.25) is 0 Å². The molecule has 0 saturated carbocycles.